The molecule has 3 amide bonds. The number of benzene rings is 3. The molecule has 3 aromatic rings. The predicted molar refractivity (Wildman–Crippen MR) is 237 cm³/mol. The molecule has 1 spiro atoms. The Morgan fingerprint density at radius 1 is 0.924 bits per heavy atom. The third-order valence-corrected chi connectivity index (χ3v) is 12.6. The Hall–Kier alpha value is -5.30. The molecule has 18 heteroatoms. The van der Waals surface area contributed by atoms with Crippen LogP contribution >= 0.6 is 0 Å². The number of carboxylic acids is 1. The van der Waals surface area contributed by atoms with E-state index < -0.39 is 12.1 Å². The van der Waals surface area contributed by atoms with Crippen LogP contribution in [0.3, 0.4) is 0 Å². The van der Waals surface area contributed by atoms with Crippen molar-refractivity contribution in [2.24, 2.45) is 0 Å². The lowest BCUT2D eigenvalue weighted by Gasteiger charge is -2.47. The van der Waals surface area contributed by atoms with Crippen molar-refractivity contribution in [3.63, 3.8) is 0 Å². The lowest BCUT2D eigenvalue weighted by molar-refractivity contribution is -0.192. The first-order valence-electron chi connectivity index (χ1n) is 22.8. The number of hydrogen-bond donors (Lipinski definition) is 4. The number of anilines is 1. The summed E-state index contributed by atoms with van der Waals surface area (Å²) >= 11 is 0. The highest BCUT2D eigenvalue weighted by Gasteiger charge is 2.41. The summed E-state index contributed by atoms with van der Waals surface area (Å²) in [5.74, 6) is -2.78. The lowest BCUT2D eigenvalue weighted by atomic mass is 9.89. The van der Waals surface area contributed by atoms with E-state index in [1.165, 1.54) is 23.6 Å². The zero-order valence-corrected chi connectivity index (χ0v) is 37.2. The molecule has 3 aliphatic heterocycles. The second-order valence-electron chi connectivity index (χ2n) is 17.3. The normalized spacial score (nSPS) is 17.5. The van der Waals surface area contributed by atoms with Crippen LogP contribution in [0.25, 0.3) is 0 Å². The van der Waals surface area contributed by atoms with Crippen molar-refractivity contribution in [1.82, 2.24) is 20.0 Å². The molecule has 14 nitrogen and oxygen atoms in total. The number of amides is 3. The Bertz CT molecular complexity index is 2110. The van der Waals surface area contributed by atoms with Gasteiger partial charge in [-0.2, -0.15) is 13.2 Å². The fourth-order valence-corrected chi connectivity index (χ4v) is 8.99. The number of likely N-dealkylation sites (tertiary alicyclic amines) is 1. The van der Waals surface area contributed by atoms with Gasteiger partial charge >= 0.3 is 12.1 Å². The lowest BCUT2D eigenvalue weighted by Crippen LogP contribution is -2.58. The van der Waals surface area contributed by atoms with Crippen LogP contribution in [0, 0.1) is 5.82 Å². The Kier molecular flexibility index (Phi) is 18.2. The van der Waals surface area contributed by atoms with Crippen LogP contribution in [0.2, 0.25) is 0 Å². The van der Waals surface area contributed by atoms with Gasteiger partial charge in [-0.25, -0.2) is 9.18 Å². The van der Waals surface area contributed by atoms with Gasteiger partial charge in [0.2, 0.25) is 11.8 Å². The largest absolute Gasteiger partial charge is 0.506 e. The number of carboxylic acid groups (broad SMARTS) is 1. The molecule has 3 fully saturated rings. The molecule has 0 atom stereocenters. The number of ether oxygens (including phenoxy) is 3. The number of nitrogens with zero attached hydrogens (tertiary/aromatic N) is 3. The van der Waals surface area contributed by atoms with Crippen molar-refractivity contribution in [2.45, 2.75) is 95.0 Å². The zero-order valence-electron chi connectivity index (χ0n) is 37.2. The van der Waals surface area contributed by atoms with Crippen LogP contribution in [-0.2, 0) is 54.5 Å². The summed E-state index contributed by atoms with van der Waals surface area (Å²) in [7, 11) is 0. The van der Waals surface area contributed by atoms with E-state index in [9.17, 15) is 37.1 Å². The van der Waals surface area contributed by atoms with E-state index in [4.69, 9.17) is 24.1 Å². The van der Waals surface area contributed by atoms with Crippen molar-refractivity contribution in [3.05, 3.63) is 88.7 Å². The highest BCUT2D eigenvalue weighted by molar-refractivity contribution is 5.97. The minimum atomic E-state index is -5.08. The fourth-order valence-electron chi connectivity index (χ4n) is 8.99. The smallest absolute Gasteiger partial charge is 0.490 e. The van der Waals surface area contributed by atoms with Crippen LogP contribution < -0.4 is 15.4 Å². The van der Waals surface area contributed by atoms with Gasteiger partial charge in [0, 0.05) is 51.9 Å². The van der Waals surface area contributed by atoms with E-state index in [2.05, 4.69) is 44.7 Å². The van der Waals surface area contributed by atoms with Crippen LogP contribution in [0.5, 0.6) is 11.5 Å². The first-order valence-corrected chi connectivity index (χ1v) is 22.8. The molecule has 2 saturated heterocycles. The van der Waals surface area contributed by atoms with Crippen molar-refractivity contribution >= 4 is 29.4 Å². The molecule has 7 rings (SSSR count). The number of phenols is 1. The summed E-state index contributed by atoms with van der Waals surface area (Å²) in [6.45, 7) is 7.03. The number of nitrogens with one attached hydrogen (secondary N) is 2. The second-order valence-corrected chi connectivity index (χ2v) is 17.3. The maximum absolute atomic E-state index is 14.2. The van der Waals surface area contributed by atoms with Gasteiger partial charge in [0.25, 0.3) is 5.91 Å². The zero-order chi connectivity index (χ0) is 47.1. The number of aliphatic carboxylic acids is 1. The van der Waals surface area contributed by atoms with E-state index in [1.807, 2.05) is 11.0 Å². The summed E-state index contributed by atoms with van der Waals surface area (Å²) in [4.78, 5) is 53.6. The quantitative estimate of drug-likeness (QED) is 0.0726. The number of rotatable bonds is 17. The number of carbonyl (C=O) groups is 4. The van der Waals surface area contributed by atoms with Gasteiger partial charge in [0.05, 0.1) is 38.3 Å². The topological polar surface area (TPSA) is 170 Å². The summed E-state index contributed by atoms with van der Waals surface area (Å²) < 4.78 is 63.9. The first kappa shape index (κ1) is 50.1. The van der Waals surface area contributed by atoms with E-state index in [0.29, 0.717) is 82.4 Å². The number of morpholine rings is 1. The number of carbonyl (C=O) groups excluding carboxylic acids is 3. The molecule has 4 aliphatic rings. The van der Waals surface area contributed by atoms with Gasteiger partial charge in [-0.05, 0) is 79.5 Å². The van der Waals surface area contributed by atoms with Crippen molar-refractivity contribution in [2.75, 3.05) is 77.6 Å². The van der Waals surface area contributed by atoms with E-state index >= 15 is 0 Å². The van der Waals surface area contributed by atoms with Crippen LogP contribution in [-0.4, -0.2) is 139 Å². The third-order valence-electron chi connectivity index (χ3n) is 12.6. The number of phenolic OH excluding ortho intramolecular Hbond substituents is 1. The molecule has 0 unspecified atom stereocenters. The monoisotopic (exact) mass is 927 g/mol. The molecule has 3 aromatic carbocycles. The Morgan fingerprint density at radius 2 is 1.67 bits per heavy atom. The Balaban J connectivity index is 0.000000952. The fraction of sp³-hybridized carbons (Fsp3) is 0.542. The van der Waals surface area contributed by atoms with Gasteiger partial charge < -0.3 is 44.9 Å². The van der Waals surface area contributed by atoms with Gasteiger partial charge in [0.15, 0.2) is 12.4 Å². The Labute approximate surface area is 382 Å². The molecule has 1 saturated carbocycles. The van der Waals surface area contributed by atoms with E-state index in [0.717, 1.165) is 70.1 Å². The van der Waals surface area contributed by atoms with E-state index in [-0.39, 0.29) is 54.0 Å². The van der Waals surface area contributed by atoms with Crippen molar-refractivity contribution < 1.29 is 61.2 Å². The van der Waals surface area contributed by atoms with Crippen LogP contribution in [0.15, 0.2) is 60.7 Å². The SMILES string of the molecule is O=C(O)C(F)(F)F.O=C1COc2c(CCNCCN(C(=O)CCOCCc3cccc(CN4CCC5(CC4)CN(C(=O)Cc4ccccc4F)CCO5)c3)C3CCCCC3)ccc(O)c2N1. The Morgan fingerprint density at radius 3 is 2.41 bits per heavy atom. The van der Waals surface area contributed by atoms with Crippen molar-refractivity contribution in [3.8, 4) is 11.5 Å². The standard InChI is InChI=1S/C46H60FN5O7.C2HF3O2/c47-39-12-5-4-9-37(39)30-43(56)51-25-28-59-46(33-51)18-22-50(23-19-46)31-35-8-6-7-34(29-35)16-26-57-27-17-42(55)52(38-10-2-1-3-11-38)24-21-48-20-15-36-13-14-40(53)44-45(36)58-32-41(54)49-44;3-2(4,5)1(6)7/h4-9,12-14,29,38,48,53H,1-3,10-11,15-28,30-33H2,(H,49,54);(H,6,7). The number of aromatic hydroxyl groups is 1. The summed E-state index contributed by atoms with van der Waals surface area (Å²) in [6.07, 6.45) is 4.05. The molecule has 4 N–H and O–H groups in total. The average Bonchev–Trinajstić information content (AvgIpc) is 3.30. The molecule has 66 heavy (non-hydrogen) atoms. The van der Waals surface area contributed by atoms with E-state index in [1.54, 1.807) is 24.3 Å². The molecule has 3 heterocycles. The molecule has 0 aromatic heterocycles. The van der Waals surface area contributed by atoms with Gasteiger partial charge in [-0.1, -0.05) is 67.8 Å². The molecule has 0 radical (unpaired) electrons. The average molecular weight is 928 g/mol. The summed E-state index contributed by atoms with van der Waals surface area (Å²) in [5, 5.41) is 23.4. The predicted octanol–water partition coefficient (Wildman–Crippen LogP) is 5.87. The minimum Gasteiger partial charge on any atom is -0.506 e. The maximum Gasteiger partial charge on any atom is 0.490 e. The number of fused-ring (bicyclic) bond motifs is 1. The van der Waals surface area contributed by atoms with Gasteiger partial charge in [-0.15, -0.1) is 0 Å². The highest BCUT2D eigenvalue weighted by Crippen LogP contribution is 2.39. The molecular weight excluding hydrogens is 867 g/mol. The third kappa shape index (κ3) is 14.6. The minimum absolute atomic E-state index is 0.00959. The van der Waals surface area contributed by atoms with Crippen LogP contribution in [0.1, 0.15) is 73.6 Å². The molecular formula is C48H61F4N5O9. The number of alkyl halides is 3. The molecule has 0 bridgehead atoms. The highest BCUT2D eigenvalue weighted by atomic mass is 19.4. The number of halogens is 4. The van der Waals surface area contributed by atoms with Crippen LogP contribution in [0.4, 0.5) is 23.2 Å². The first-order chi connectivity index (χ1) is 31.7. The molecule has 1 aliphatic carbocycles. The number of hydrogen-bond acceptors (Lipinski definition) is 10. The maximum atomic E-state index is 14.2. The van der Waals surface area contributed by atoms with Crippen molar-refractivity contribution in [1.29, 1.82) is 0 Å². The van der Waals surface area contributed by atoms with Gasteiger partial charge in [-0.3, -0.25) is 19.3 Å². The summed E-state index contributed by atoms with van der Waals surface area (Å²) in [5.41, 5.74) is 3.78. The molecule has 360 valence electrons. The second kappa shape index (κ2) is 23.9. The summed E-state index contributed by atoms with van der Waals surface area (Å²) in [6, 6.07) is 18.8. The number of piperidine rings is 1. The van der Waals surface area contributed by atoms with Gasteiger partial charge in [0.1, 0.15) is 17.3 Å².